The number of benzene rings is 1. The monoisotopic (exact) mass is 365 g/mol. The van der Waals surface area contributed by atoms with Gasteiger partial charge in [0.15, 0.2) is 0 Å². The van der Waals surface area contributed by atoms with Crippen molar-refractivity contribution in [3.05, 3.63) is 29.3 Å². The van der Waals surface area contributed by atoms with E-state index in [0.717, 1.165) is 0 Å². The van der Waals surface area contributed by atoms with Gasteiger partial charge in [0.1, 0.15) is 4.32 Å². The third kappa shape index (κ3) is 9.08. The van der Waals surface area contributed by atoms with E-state index in [1.165, 1.54) is 93.1 Å². The molecule has 0 spiro atoms. The Balaban J connectivity index is 2.66. The van der Waals surface area contributed by atoms with Gasteiger partial charge in [0.2, 0.25) is 0 Å². The van der Waals surface area contributed by atoms with E-state index in [1.807, 2.05) is 0 Å². The van der Waals surface area contributed by atoms with Crippen molar-refractivity contribution in [2.75, 3.05) is 0 Å². The molecule has 1 nitrogen and oxygen atoms in total. The highest BCUT2D eigenvalue weighted by Gasteiger charge is 2.10. The molecule has 0 amide bonds. The van der Waals surface area contributed by atoms with E-state index in [-0.39, 0.29) is 0 Å². The zero-order valence-electron chi connectivity index (χ0n) is 15.6. The molecule has 1 aromatic carbocycles. The number of hydrogen-bond donors (Lipinski definition) is 1. The lowest BCUT2D eigenvalue weighted by molar-refractivity contribution is 0.618. The Morgan fingerprint density at radius 3 is 2.04 bits per heavy atom. The minimum absolute atomic E-state index is 0.530. The molecule has 24 heavy (non-hydrogen) atoms. The van der Waals surface area contributed by atoms with Crippen LogP contribution in [0.25, 0.3) is 0 Å². The largest absolute Gasteiger partial charge is 0.384 e. The summed E-state index contributed by atoms with van der Waals surface area (Å²) in [5.41, 5.74) is 8.81. The van der Waals surface area contributed by atoms with Crippen molar-refractivity contribution in [3.63, 3.8) is 0 Å². The van der Waals surface area contributed by atoms with Crippen LogP contribution >= 0.6 is 24.0 Å². The Bertz CT molecular complexity index is 471. The van der Waals surface area contributed by atoms with Crippen LogP contribution in [0.2, 0.25) is 0 Å². The van der Waals surface area contributed by atoms with E-state index in [1.54, 1.807) is 11.8 Å². The Kier molecular flexibility index (Phi) is 12.3. The van der Waals surface area contributed by atoms with Crippen LogP contribution in [-0.4, -0.2) is 4.32 Å². The molecule has 0 aromatic heterocycles. The van der Waals surface area contributed by atoms with Gasteiger partial charge < -0.3 is 5.73 Å². The molecule has 0 aliphatic heterocycles. The van der Waals surface area contributed by atoms with E-state index in [9.17, 15) is 0 Å². The normalized spacial score (nSPS) is 10.9. The molecule has 0 bridgehead atoms. The topological polar surface area (TPSA) is 26.0 Å². The van der Waals surface area contributed by atoms with Gasteiger partial charge in [0, 0.05) is 4.90 Å². The lowest BCUT2D eigenvalue weighted by Gasteiger charge is -2.14. The van der Waals surface area contributed by atoms with Gasteiger partial charge in [0.25, 0.3) is 0 Å². The standard InChI is InChI=1S/C21H35NS2/c1-3-5-7-9-11-14-18-15-13-17-20(24-21(22)23)19(18)16-12-10-8-6-4-2/h13,15,17H,3-12,14,16H2,1-2H3,(H2,22,23). The molecule has 0 fully saturated rings. The SMILES string of the molecule is CCCCCCCc1cccc(SC(N)=S)c1CCCCCCC. The second-order valence-corrected chi connectivity index (χ2v) is 8.43. The van der Waals surface area contributed by atoms with Crippen molar-refractivity contribution in [3.8, 4) is 0 Å². The highest BCUT2D eigenvalue weighted by Crippen LogP contribution is 2.28. The molecular formula is C21H35NS2. The molecule has 0 atom stereocenters. The molecule has 1 rings (SSSR count). The van der Waals surface area contributed by atoms with Crippen LogP contribution in [0.3, 0.4) is 0 Å². The van der Waals surface area contributed by atoms with Gasteiger partial charge in [-0.05, 0) is 42.9 Å². The van der Waals surface area contributed by atoms with Gasteiger partial charge in [-0.25, -0.2) is 0 Å². The van der Waals surface area contributed by atoms with Crippen LogP contribution in [0.1, 0.15) is 89.2 Å². The number of aryl methyl sites for hydroxylation is 1. The van der Waals surface area contributed by atoms with E-state index in [2.05, 4.69) is 32.0 Å². The second kappa shape index (κ2) is 13.7. The zero-order valence-corrected chi connectivity index (χ0v) is 17.2. The van der Waals surface area contributed by atoms with Crippen LogP contribution in [0.5, 0.6) is 0 Å². The number of nitrogens with two attached hydrogens (primary N) is 1. The zero-order chi connectivity index (χ0) is 17.6. The first-order valence-electron chi connectivity index (χ1n) is 9.77. The van der Waals surface area contributed by atoms with Gasteiger partial charge in [-0.1, -0.05) is 101 Å². The first kappa shape index (κ1) is 21.5. The quantitative estimate of drug-likeness (QED) is 0.230. The molecule has 0 saturated carbocycles. The first-order valence-corrected chi connectivity index (χ1v) is 11.0. The summed E-state index contributed by atoms with van der Waals surface area (Å²) in [4.78, 5) is 1.28. The third-order valence-corrected chi connectivity index (χ3v) is 5.57. The van der Waals surface area contributed by atoms with E-state index in [4.69, 9.17) is 18.0 Å². The number of thiocarbonyl (C=S) groups is 1. The Morgan fingerprint density at radius 1 is 0.875 bits per heavy atom. The van der Waals surface area contributed by atoms with Crippen molar-refractivity contribution in [2.45, 2.75) is 95.8 Å². The minimum atomic E-state index is 0.530. The lowest BCUT2D eigenvalue weighted by Crippen LogP contribution is -2.04. The molecule has 0 aliphatic rings. The van der Waals surface area contributed by atoms with Gasteiger partial charge in [0.05, 0.1) is 0 Å². The summed E-state index contributed by atoms with van der Waals surface area (Å²) < 4.78 is 0.530. The fourth-order valence-electron chi connectivity index (χ4n) is 3.16. The number of hydrogen-bond acceptors (Lipinski definition) is 2. The van der Waals surface area contributed by atoms with E-state index in [0.29, 0.717) is 4.32 Å². The maximum Gasteiger partial charge on any atom is 0.136 e. The van der Waals surface area contributed by atoms with Gasteiger partial charge in [-0.2, -0.15) is 0 Å². The predicted octanol–water partition coefficient (Wildman–Crippen LogP) is 7.05. The average Bonchev–Trinajstić information content (AvgIpc) is 2.55. The third-order valence-electron chi connectivity index (χ3n) is 4.52. The molecule has 136 valence electrons. The summed E-state index contributed by atoms with van der Waals surface area (Å²) >= 11 is 6.69. The molecule has 0 aliphatic carbocycles. The summed E-state index contributed by atoms with van der Waals surface area (Å²) in [5, 5.41) is 0. The average molecular weight is 366 g/mol. The molecular weight excluding hydrogens is 330 g/mol. The second-order valence-electron chi connectivity index (χ2n) is 6.64. The van der Waals surface area contributed by atoms with Crippen molar-refractivity contribution >= 4 is 28.3 Å². The minimum Gasteiger partial charge on any atom is -0.384 e. The van der Waals surface area contributed by atoms with Gasteiger partial charge in [-0.15, -0.1) is 0 Å². The Labute approximate surface area is 159 Å². The highest BCUT2D eigenvalue weighted by molar-refractivity contribution is 8.23. The lowest BCUT2D eigenvalue weighted by atomic mass is 9.96. The van der Waals surface area contributed by atoms with Crippen LogP contribution in [0.4, 0.5) is 0 Å². The van der Waals surface area contributed by atoms with Crippen LogP contribution in [-0.2, 0) is 12.8 Å². The smallest absolute Gasteiger partial charge is 0.136 e. The fourth-order valence-corrected chi connectivity index (χ4v) is 4.15. The molecule has 0 saturated heterocycles. The fraction of sp³-hybridized carbons (Fsp3) is 0.667. The summed E-state index contributed by atoms with van der Waals surface area (Å²) in [6, 6.07) is 6.67. The summed E-state index contributed by atoms with van der Waals surface area (Å²) in [6.45, 7) is 4.54. The number of rotatable bonds is 13. The van der Waals surface area contributed by atoms with Crippen molar-refractivity contribution in [2.24, 2.45) is 5.73 Å². The summed E-state index contributed by atoms with van der Waals surface area (Å²) in [7, 11) is 0. The number of unbranched alkanes of at least 4 members (excludes halogenated alkanes) is 8. The molecule has 3 heteroatoms. The molecule has 0 heterocycles. The Morgan fingerprint density at radius 2 is 1.46 bits per heavy atom. The van der Waals surface area contributed by atoms with Crippen LogP contribution in [0.15, 0.2) is 23.1 Å². The van der Waals surface area contributed by atoms with Gasteiger partial charge >= 0.3 is 0 Å². The molecule has 1 aromatic rings. The highest BCUT2D eigenvalue weighted by atomic mass is 32.2. The number of thioether (sulfide) groups is 1. The van der Waals surface area contributed by atoms with E-state index >= 15 is 0 Å². The first-order chi connectivity index (χ1) is 11.7. The predicted molar refractivity (Wildman–Crippen MR) is 114 cm³/mol. The molecule has 0 radical (unpaired) electrons. The maximum atomic E-state index is 5.79. The van der Waals surface area contributed by atoms with Crippen LogP contribution in [0, 0.1) is 0 Å². The summed E-state index contributed by atoms with van der Waals surface area (Å²) in [5.74, 6) is 0. The van der Waals surface area contributed by atoms with Crippen LogP contribution < -0.4 is 5.73 Å². The Hall–Kier alpha value is -0.540. The molecule has 0 unspecified atom stereocenters. The van der Waals surface area contributed by atoms with Crippen molar-refractivity contribution in [1.82, 2.24) is 0 Å². The van der Waals surface area contributed by atoms with E-state index < -0.39 is 0 Å². The maximum absolute atomic E-state index is 5.79. The van der Waals surface area contributed by atoms with Crippen molar-refractivity contribution in [1.29, 1.82) is 0 Å². The van der Waals surface area contributed by atoms with Gasteiger partial charge in [-0.3, -0.25) is 0 Å². The van der Waals surface area contributed by atoms with Crippen molar-refractivity contribution < 1.29 is 0 Å². The molecule has 2 N–H and O–H groups in total. The summed E-state index contributed by atoms with van der Waals surface area (Å²) in [6.07, 6.45) is 15.7.